The highest BCUT2D eigenvalue weighted by Crippen LogP contribution is 2.20. The van der Waals surface area contributed by atoms with Gasteiger partial charge in [-0.05, 0) is 48.2 Å². The maximum Gasteiger partial charge on any atom is 0.271 e. The van der Waals surface area contributed by atoms with Gasteiger partial charge in [0.2, 0.25) is 0 Å². The molecule has 5 rings (SSSR count). The van der Waals surface area contributed by atoms with Crippen molar-refractivity contribution in [2.45, 2.75) is 26.0 Å². The molecule has 33 heavy (non-hydrogen) atoms. The number of pyridine rings is 2. The minimum absolute atomic E-state index is 0.186. The third-order valence-corrected chi connectivity index (χ3v) is 6.11. The summed E-state index contributed by atoms with van der Waals surface area (Å²) in [6.07, 6.45) is 5.83. The van der Waals surface area contributed by atoms with Crippen LogP contribution < -0.4 is 5.32 Å². The number of hydrogen-bond donors (Lipinski definition) is 2. The van der Waals surface area contributed by atoms with Crippen molar-refractivity contribution in [2.24, 2.45) is 0 Å². The maximum atomic E-state index is 12.6. The summed E-state index contributed by atoms with van der Waals surface area (Å²) in [5, 5.41) is 13.3. The zero-order chi connectivity index (χ0) is 22.8. The van der Waals surface area contributed by atoms with Crippen LogP contribution in [0.2, 0.25) is 0 Å². The second-order valence-electron chi connectivity index (χ2n) is 8.62. The maximum absolute atomic E-state index is 12.6. The Morgan fingerprint density at radius 1 is 1.09 bits per heavy atom. The lowest BCUT2D eigenvalue weighted by Crippen LogP contribution is -2.42. The summed E-state index contributed by atoms with van der Waals surface area (Å²) < 4.78 is 1.84. The Bertz CT molecular complexity index is 1280. The van der Waals surface area contributed by atoms with Crippen LogP contribution in [-0.4, -0.2) is 56.0 Å². The molecular formula is C26H27N5O2. The molecule has 1 atom stereocenters. The third-order valence-electron chi connectivity index (χ3n) is 6.11. The van der Waals surface area contributed by atoms with Crippen LogP contribution in [0.5, 0.6) is 0 Å². The summed E-state index contributed by atoms with van der Waals surface area (Å²) in [7, 11) is 0. The second-order valence-corrected chi connectivity index (χ2v) is 8.62. The van der Waals surface area contributed by atoms with E-state index in [0.29, 0.717) is 17.9 Å². The van der Waals surface area contributed by atoms with E-state index in [9.17, 15) is 9.90 Å². The molecule has 1 aromatic carbocycles. The predicted molar refractivity (Wildman–Crippen MR) is 127 cm³/mol. The molecule has 1 amide bonds. The van der Waals surface area contributed by atoms with Gasteiger partial charge in [-0.15, -0.1) is 0 Å². The van der Waals surface area contributed by atoms with E-state index in [-0.39, 0.29) is 12.5 Å². The molecule has 0 saturated heterocycles. The van der Waals surface area contributed by atoms with Crippen LogP contribution in [0.4, 0.5) is 0 Å². The van der Waals surface area contributed by atoms with Gasteiger partial charge in [0.05, 0.1) is 6.10 Å². The lowest BCUT2D eigenvalue weighted by atomic mass is 10.00. The first-order valence-corrected chi connectivity index (χ1v) is 11.2. The summed E-state index contributed by atoms with van der Waals surface area (Å²) in [6.45, 7) is 4.40. The first kappa shape index (κ1) is 21.3. The average Bonchev–Trinajstić information content (AvgIpc) is 3.26. The van der Waals surface area contributed by atoms with Crippen molar-refractivity contribution in [2.75, 3.05) is 19.6 Å². The number of benzene rings is 1. The number of nitrogens with one attached hydrogen (secondary N) is 1. The van der Waals surface area contributed by atoms with Gasteiger partial charge in [0, 0.05) is 56.0 Å². The van der Waals surface area contributed by atoms with Gasteiger partial charge in [-0.3, -0.25) is 14.7 Å². The van der Waals surface area contributed by atoms with Gasteiger partial charge in [-0.1, -0.05) is 30.3 Å². The van der Waals surface area contributed by atoms with Gasteiger partial charge in [0.25, 0.3) is 5.91 Å². The van der Waals surface area contributed by atoms with E-state index in [4.69, 9.17) is 0 Å². The molecule has 0 saturated carbocycles. The number of nitrogens with zero attached hydrogens (tertiary/aromatic N) is 4. The summed E-state index contributed by atoms with van der Waals surface area (Å²) in [5.74, 6) is -0.291. The number of rotatable bonds is 6. The zero-order valence-electron chi connectivity index (χ0n) is 18.6. The van der Waals surface area contributed by atoms with Crippen LogP contribution in [0.15, 0.2) is 67.1 Å². The number of aliphatic hydroxyl groups excluding tert-OH is 1. The SMILES string of the molecule is Cc1ccc(-c2ccc3nc(C(=O)NCC(O)CN4CCc5ccccc5C4)cn3c2)cn1. The molecule has 4 aromatic rings. The molecule has 3 aromatic heterocycles. The summed E-state index contributed by atoms with van der Waals surface area (Å²) >= 11 is 0. The van der Waals surface area contributed by atoms with Gasteiger partial charge in [-0.25, -0.2) is 4.98 Å². The van der Waals surface area contributed by atoms with Crippen LogP contribution >= 0.6 is 0 Å². The van der Waals surface area contributed by atoms with Crippen molar-refractivity contribution >= 4 is 11.6 Å². The van der Waals surface area contributed by atoms with Crippen molar-refractivity contribution in [1.82, 2.24) is 24.6 Å². The van der Waals surface area contributed by atoms with E-state index < -0.39 is 6.10 Å². The summed E-state index contributed by atoms with van der Waals surface area (Å²) in [6, 6.07) is 16.3. The molecule has 0 radical (unpaired) electrons. The standard InChI is InChI=1S/C26H27N5O2/c1-18-6-7-20(12-27-18)22-8-9-25-29-24(17-31(25)15-22)26(33)28-13-23(32)16-30-11-10-19-4-2-3-5-21(19)14-30/h2-9,12,15,17,23,32H,10-11,13-14,16H2,1H3,(H,28,33). The molecule has 7 nitrogen and oxygen atoms in total. The monoisotopic (exact) mass is 441 g/mol. The number of aryl methyl sites for hydroxylation is 1. The molecule has 1 aliphatic rings. The van der Waals surface area contributed by atoms with Crippen LogP contribution in [0.25, 0.3) is 16.8 Å². The third kappa shape index (κ3) is 4.79. The molecule has 168 valence electrons. The fourth-order valence-electron chi connectivity index (χ4n) is 4.28. The number of aliphatic hydroxyl groups is 1. The van der Waals surface area contributed by atoms with Crippen LogP contribution in [0, 0.1) is 6.92 Å². The van der Waals surface area contributed by atoms with Crippen molar-refractivity contribution < 1.29 is 9.90 Å². The normalized spacial score (nSPS) is 14.7. The molecule has 2 N–H and O–H groups in total. The first-order valence-electron chi connectivity index (χ1n) is 11.2. The van der Waals surface area contributed by atoms with E-state index in [1.54, 1.807) is 6.20 Å². The molecule has 0 fully saturated rings. The lowest BCUT2D eigenvalue weighted by Gasteiger charge is -2.30. The van der Waals surface area contributed by atoms with Crippen molar-refractivity contribution in [3.05, 3.63) is 89.6 Å². The molecule has 0 bridgehead atoms. The minimum Gasteiger partial charge on any atom is -0.390 e. The fourth-order valence-corrected chi connectivity index (χ4v) is 4.28. The first-order chi connectivity index (χ1) is 16.0. The highest BCUT2D eigenvalue weighted by atomic mass is 16.3. The predicted octanol–water partition coefficient (Wildman–Crippen LogP) is 2.85. The Balaban J connectivity index is 1.19. The van der Waals surface area contributed by atoms with E-state index in [0.717, 1.165) is 36.3 Å². The number of amides is 1. The molecule has 7 heteroatoms. The molecular weight excluding hydrogens is 414 g/mol. The van der Waals surface area contributed by atoms with E-state index in [1.165, 1.54) is 11.1 Å². The Kier molecular flexibility index (Phi) is 5.90. The Morgan fingerprint density at radius 3 is 2.73 bits per heavy atom. The minimum atomic E-state index is -0.642. The number of carbonyl (C=O) groups excluding carboxylic acids is 1. The van der Waals surface area contributed by atoms with Gasteiger partial charge >= 0.3 is 0 Å². The van der Waals surface area contributed by atoms with Crippen molar-refractivity contribution in [3.63, 3.8) is 0 Å². The Morgan fingerprint density at radius 2 is 1.91 bits per heavy atom. The molecule has 1 unspecified atom stereocenters. The van der Waals surface area contributed by atoms with E-state index in [1.807, 2.05) is 48.0 Å². The lowest BCUT2D eigenvalue weighted by molar-refractivity contribution is 0.0838. The van der Waals surface area contributed by atoms with Gasteiger partial charge < -0.3 is 14.8 Å². The van der Waals surface area contributed by atoms with Gasteiger partial charge in [0.1, 0.15) is 11.3 Å². The van der Waals surface area contributed by atoms with E-state index >= 15 is 0 Å². The number of fused-ring (bicyclic) bond motifs is 2. The van der Waals surface area contributed by atoms with E-state index in [2.05, 4.69) is 44.5 Å². The highest BCUT2D eigenvalue weighted by molar-refractivity contribution is 5.92. The van der Waals surface area contributed by atoms with Crippen molar-refractivity contribution in [3.8, 4) is 11.1 Å². The number of hydrogen-bond acceptors (Lipinski definition) is 5. The largest absolute Gasteiger partial charge is 0.390 e. The molecule has 0 spiro atoms. The Labute approximate surface area is 192 Å². The van der Waals surface area contributed by atoms with Crippen molar-refractivity contribution in [1.29, 1.82) is 0 Å². The Hall–Kier alpha value is -3.55. The second kappa shape index (κ2) is 9.13. The van der Waals surface area contributed by atoms with Crippen LogP contribution in [0.1, 0.15) is 27.3 Å². The molecule has 4 heterocycles. The smallest absolute Gasteiger partial charge is 0.271 e. The fraction of sp³-hybridized carbons (Fsp3) is 0.269. The zero-order valence-corrected chi connectivity index (χ0v) is 18.6. The topological polar surface area (TPSA) is 82.8 Å². The quantitative estimate of drug-likeness (QED) is 0.481. The number of imidazole rings is 1. The van der Waals surface area contributed by atoms with Crippen LogP contribution in [0.3, 0.4) is 0 Å². The average molecular weight is 442 g/mol. The van der Waals surface area contributed by atoms with Crippen LogP contribution in [-0.2, 0) is 13.0 Å². The van der Waals surface area contributed by atoms with Gasteiger partial charge in [-0.2, -0.15) is 0 Å². The molecule has 1 aliphatic heterocycles. The molecule has 0 aliphatic carbocycles. The van der Waals surface area contributed by atoms with Gasteiger partial charge in [0.15, 0.2) is 0 Å². The highest BCUT2D eigenvalue weighted by Gasteiger charge is 2.19. The number of carbonyl (C=O) groups is 1. The summed E-state index contributed by atoms with van der Waals surface area (Å²) in [4.78, 5) is 23.6. The number of aromatic nitrogens is 3. The number of β-amino-alcohol motifs (C(OH)–C–C–N with tert-alkyl or cyclic N) is 1. The summed E-state index contributed by atoms with van der Waals surface area (Å²) in [5.41, 5.74) is 6.68.